The number of nitrogens with zero attached hydrogens (tertiary/aromatic N) is 5. The van der Waals surface area contributed by atoms with Gasteiger partial charge in [0.1, 0.15) is 12.4 Å². The van der Waals surface area contributed by atoms with Gasteiger partial charge in [0.25, 0.3) is 0 Å². The SMILES string of the molecule is COCc1nc([C@H]2CC[C@@H](O)[C@H](NC3CCN(C)CC3)C2)n(-c2cccnc2)n1. The van der Waals surface area contributed by atoms with Gasteiger partial charge in [0.15, 0.2) is 5.82 Å². The second kappa shape index (κ2) is 9.30. The number of likely N-dealkylation sites (tertiary alicyclic amines) is 1. The molecule has 1 aliphatic carbocycles. The summed E-state index contributed by atoms with van der Waals surface area (Å²) in [5, 5.41) is 19.1. The number of ether oxygens (including phenoxy) is 1. The van der Waals surface area contributed by atoms with Crippen LogP contribution in [0.25, 0.3) is 5.69 Å². The molecule has 2 aromatic heterocycles. The third kappa shape index (κ3) is 4.83. The monoisotopic (exact) mass is 400 g/mol. The summed E-state index contributed by atoms with van der Waals surface area (Å²) in [5.74, 6) is 1.85. The lowest BCUT2D eigenvalue weighted by Crippen LogP contribution is -2.51. The Kier molecular flexibility index (Phi) is 6.54. The number of rotatable bonds is 6. The van der Waals surface area contributed by atoms with E-state index in [2.05, 4.69) is 27.3 Å². The standard InChI is InChI=1S/C21H32N6O2/c1-26-10-7-16(8-11-26)23-18-12-15(5-6-19(18)28)21-24-20(14-29-2)25-27(21)17-4-3-9-22-13-17/h3-4,9,13,15-16,18-19,23,28H,5-8,10-12,14H2,1-2H3/t15-,18+,19+/m0/s1. The quantitative estimate of drug-likeness (QED) is 0.759. The first-order valence-corrected chi connectivity index (χ1v) is 10.6. The largest absolute Gasteiger partial charge is 0.392 e. The fourth-order valence-corrected chi connectivity index (χ4v) is 4.54. The minimum Gasteiger partial charge on any atom is -0.392 e. The van der Waals surface area contributed by atoms with Crippen LogP contribution < -0.4 is 5.32 Å². The fraction of sp³-hybridized carbons (Fsp3) is 0.667. The van der Waals surface area contributed by atoms with Crippen LogP contribution >= 0.6 is 0 Å². The molecule has 2 aliphatic rings. The summed E-state index contributed by atoms with van der Waals surface area (Å²) in [6.07, 6.45) is 8.06. The number of nitrogens with one attached hydrogen (secondary N) is 1. The lowest BCUT2D eigenvalue weighted by atomic mass is 9.82. The van der Waals surface area contributed by atoms with Crippen LogP contribution in [0.4, 0.5) is 0 Å². The van der Waals surface area contributed by atoms with E-state index in [0.29, 0.717) is 18.5 Å². The smallest absolute Gasteiger partial charge is 0.176 e. The van der Waals surface area contributed by atoms with E-state index in [-0.39, 0.29) is 18.1 Å². The molecule has 1 aliphatic heterocycles. The van der Waals surface area contributed by atoms with Crippen molar-refractivity contribution >= 4 is 0 Å². The molecule has 158 valence electrons. The number of piperidine rings is 1. The van der Waals surface area contributed by atoms with Crippen LogP contribution in [-0.2, 0) is 11.3 Å². The van der Waals surface area contributed by atoms with Crippen molar-refractivity contribution in [1.82, 2.24) is 30.0 Å². The van der Waals surface area contributed by atoms with Crippen molar-refractivity contribution in [3.05, 3.63) is 36.2 Å². The average molecular weight is 401 g/mol. The molecule has 8 nitrogen and oxygen atoms in total. The molecule has 0 amide bonds. The van der Waals surface area contributed by atoms with Crippen LogP contribution in [0.2, 0.25) is 0 Å². The highest BCUT2D eigenvalue weighted by Gasteiger charge is 2.34. The molecule has 8 heteroatoms. The highest BCUT2D eigenvalue weighted by molar-refractivity contribution is 5.29. The summed E-state index contributed by atoms with van der Waals surface area (Å²) < 4.78 is 7.16. The first-order chi connectivity index (χ1) is 14.1. The Balaban J connectivity index is 1.52. The highest BCUT2D eigenvalue weighted by atomic mass is 16.5. The van der Waals surface area contributed by atoms with E-state index >= 15 is 0 Å². The van der Waals surface area contributed by atoms with E-state index in [1.165, 1.54) is 0 Å². The zero-order valence-electron chi connectivity index (χ0n) is 17.4. The number of aliphatic hydroxyl groups is 1. The number of methoxy groups -OCH3 is 1. The van der Waals surface area contributed by atoms with Crippen LogP contribution in [0.3, 0.4) is 0 Å². The number of pyridine rings is 1. The molecule has 2 N–H and O–H groups in total. The molecule has 3 heterocycles. The Morgan fingerprint density at radius 2 is 2.07 bits per heavy atom. The van der Waals surface area contributed by atoms with Gasteiger partial charge in [0.2, 0.25) is 0 Å². The Bertz CT molecular complexity index is 775. The molecule has 4 rings (SSSR count). The van der Waals surface area contributed by atoms with E-state index in [9.17, 15) is 5.11 Å². The van der Waals surface area contributed by atoms with Gasteiger partial charge in [-0.15, -0.1) is 5.10 Å². The molecule has 29 heavy (non-hydrogen) atoms. The van der Waals surface area contributed by atoms with Gasteiger partial charge in [-0.05, 0) is 64.4 Å². The van der Waals surface area contributed by atoms with Gasteiger partial charge < -0.3 is 20.1 Å². The first kappa shape index (κ1) is 20.4. The predicted molar refractivity (Wildman–Crippen MR) is 110 cm³/mol. The number of aromatic nitrogens is 4. The molecule has 1 saturated carbocycles. The third-order valence-electron chi connectivity index (χ3n) is 6.19. The normalized spacial score (nSPS) is 26.7. The molecule has 0 aromatic carbocycles. The summed E-state index contributed by atoms with van der Waals surface area (Å²) in [6.45, 7) is 2.60. The number of hydrogen-bond acceptors (Lipinski definition) is 7. The Hall–Kier alpha value is -1.87. The topological polar surface area (TPSA) is 88.3 Å². The van der Waals surface area contributed by atoms with Gasteiger partial charge in [0, 0.05) is 31.3 Å². The molecular formula is C21H32N6O2. The molecular weight excluding hydrogens is 368 g/mol. The third-order valence-corrected chi connectivity index (χ3v) is 6.19. The van der Waals surface area contributed by atoms with E-state index in [1.54, 1.807) is 19.5 Å². The summed E-state index contributed by atoms with van der Waals surface area (Å²) in [5.41, 5.74) is 0.906. The van der Waals surface area contributed by atoms with Crippen molar-refractivity contribution in [2.45, 2.75) is 62.8 Å². The summed E-state index contributed by atoms with van der Waals surface area (Å²) >= 11 is 0. The molecule has 2 fully saturated rings. The van der Waals surface area contributed by atoms with Crippen molar-refractivity contribution < 1.29 is 9.84 Å². The van der Waals surface area contributed by atoms with Crippen LogP contribution in [0.5, 0.6) is 0 Å². The first-order valence-electron chi connectivity index (χ1n) is 10.6. The Labute approximate surface area is 172 Å². The zero-order chi connectivity index (χ0) is 20.2. The molecule has 0 radical (unpaired) electrons. The molecule has 2 aromatic rings. The molecule has 0 bridgehead atoms. The predicted octanol–water partition coefficient (Wildman–Crippen LogP) is 1.49. The minimum absolute atomic E-state index is 0.0899. The molecule has 3 atom stereocenters. The summed E-state index contributed by atoms with van der Waals surface area (Å²) in [6, 6.07) is 4.47. The maximum Gasteiger partial charge on any atom is 0.176 e. The van der Waals surface area contributed by atoms with Crippen LogP contribution in [0.15, 0.2) is 24.5 Å². The van der Waals surface area contributed by atoms with Crippen molar-refractivity contribution in [1.29, 1.82) is 0 Å². The van der Waals surface area contributed by atoms with Crippen LogP contribution in [0, 0.1) is 0 Å². The van der Waals surface area contributed by atoms with Gasteiger partial charge in [-0.25, -0.2) is 9.67 Å². The number of hydrogen-bond donors (Lipinski definition) is 2. The zero-order valence-corrected chi connectivity index (χ0v) is 17.4. The van der Waals surface area contributed by atoms with Crippen LogP contribution in [0.1, 0.15) is 49.7 Å². The number of aliphatic hydroxyl groups excluding tert-OH is 1. The van der Waals surface area contributed by atoms with Gasteiger partial charge in [-0.3, -0.25) is 4.98 Å². The second-order valence-corrected chi connectivity index (χ2v) is 8.37. The second-order valence-electron chi connectivity index (χ2n) is 8.37. The summed E-state index contributed by atoms with van der Waals surface area (Å²) in [4.78, 5) is 11.4. The molecule has 1 saturated heterocycles. The maximum atomic E-state index is 10.6. The van der Waals surface area contributed by atoms with E-state index < -0.39 is 0 Å². The van der Waals surface area contributed by atoms with Crippen molar-refractivity contribution in [3.8, 4) is 5.69 Å². The van der Waals surface area contributed by atoms with Gasteiger partial charge in [0.05, 0.1) is 18.0 Å². The van der Waals surface area contributed by atoms with Crippen molar-refractivity contribution in [3.63, 3.8) is 0 Å². The Morgan fingerprint density at radius 1 is 1.24 bits per heavy atom. The lowest BCUT2D eigenvalue weighted by molar-refractivity contribution is 0.0696. The van der Waals surface area contributed by atoms with E-state index in [0.717, 1.165) is 56.7 Å². The van der Waals surface area contributed by atoms with Gasteiger partial charge >= 0.3 is 0 Å². The van der Waals surface area contributed by atoms with Gasteiger partial charge in [-0.2, -0.15) is 0 Å². The lowest BCUT2D eigenvalue weighted by Gasteiger charge is -2.38. The van der Waals surface area contributed by atoms with Crippen molar-refractivity contribution in [2.75, 3.05) is 27.2 Å². The average Bonchev–Trinajstić information content (AvgIpc) is 3.16. The highest BCUT2D eigenvalue weighted by Crippen LogP contribution is 2.34. The maximum absolute atomic E-state index is 10.6. The minimum atomic E-state index is -0.306. The van der Waals surface area contributed by atoms with E-state index in [1.807, 2.05) is 16.8 Å². The molecule has 0 spiro atoms. The molecule has 0 unspecified atom stereocenters. The van der Waals surface area contributed by atoms with Crippen molar-refractivity contribution in [2.24, 2.45) is 0 Å². The van der Waals surface area contributed by atoms with Gasteiger partial charge in [-0.1, -0.05) is 0 Å². The Morgan fingerprint density at radius 3 is 2.79 bits per heavy atom. The van der Waals surface area contributed by atoms with E-state index in [4.69, 9.17) is 9.72 Å². The summed E-state index contributed by atoms with van der Waals surface area (Å²) in [7, 11) is 3.83. The van der Waals surface area contributed by atoms with Crippen LogP contribution in [-0.4, -0.2) is 75.2 Å². The fourth-order valence-electron chi connectivity index (χ4n) is 4.54.